The summed E-state index contributed by atoms with van der Waals surface area (Å²) in [4.78, 5) is 4.64. The Bertz CT molecular complexity index is 268. The minimum Gasteiger partial charge on any atom is -0.393 e. The van der Waals surface area contributed by atoms with E-state index in [1.807, 2.05) is 0 Å². The van der Waals surface area contributed by atoms with Gasteiger partial charge in [-0.1, -0.05) is 12.8 Å². The molecule has 0 aromatic heterocycles. The van der Waals surface area contributed by atoms with Crippen LogP contribution >= 0.6 is 0 Å². The lowest BCUT2D eigenvalue weighted by molar-refractivity contribution is 0.120. The van der Waals surface area contributed by atoms with E-state index >= 15 is 0 Å². The molecule has 0 spiro atoms. The molecule has 0 aromatic carbocycles. The number of aliphatic hydroxyl groups is 1. The number of rotatable bonds is 5. The topological polar surface area (TPSA) is 56.7 Å². The molecule has 0 atom stereocenters. The second-order valence-corrected chi connectivity index (χ2v) is 5.64. The first kappa shape index (κ1) is 13.7. The Labute approximate surface area is 110 Å². The molecule has 2 rings (SSSR count). The Morgan fingerprint density at radius 3 is 2.50 bits per heavy atom. The number of hydrogen-bond donors (Lipinski definition) is 3. The van der Waals surface area contributed by atoms with Crippen LogP contribution in [-0.4, -0.2) is 36.3 Å². The van der Waals surface area contributed by atoms with Crippen molar-refractivity contribution in [1.29, 1.82) is 0 Å². The molecule has 0 unspecified atom stereocenters. The number of nitrogens with one attached hydrogen (secondary N) is 2. The lowest BCUT2D eigenvalue weighted by atomic mass is 9.93. The van der Waals surface area contributed by atoms with E-state index in [1.165, 1.54) is 19.3 Å². The van der Waals surface area contributed by atoms with Gasteiger partial charge in [-0.15, -0.1) is 0 Å². The van der Waals surface area contributed by atoms with Crippen LogP contribution in [-0.2, 0) is 0 Å². The van der Waals surface area contributed by atoms with E-state index < -0.39 is 0 Å². The number of aliphatic hydroxyl groups excluding tert-OH is 1. The molecule has 2 fully saturated rings. The van der Waals surface area contributed by atoms with E-state index in [-0.39, 0.29) is 6.10 Å². The third kappa shape index (κ3) is 4.84. The van der Waals surface area contributed by atoms with E-state index in [1.54, 1.807) is 0 Å². The summed E-state index contributed by atoms with van der Waals surface area (Å²) in [5.41, 5.74) is 0. The average Bonchev–Trinajstić information content (AvgIpc) is 3.16. The molecule has 3 N–H and O–H groups in total. The van der Waals surface area contributed by atoms with E-state index in [9.17, 15) is 5.11 Å². The Hall–Kier alpha value is -0.770. The predicted molar refractivity (Wildman–Crippen MR) is 74.7 cm³/mol. The summed E-state index contributed by atoms with van der Waals surface area (Å²) in [6.45, 7) is 3.95. The molecule has 0 amide bonds. The highest BCUT2D eigenvalue weighted by Gasteiger charge is 2.21. The van der Waals surface area contributed by atoms with Gasteiger partial charge < -0.3 is 15.7 Å². The maximum absolute atomic E-state index is 9.50. The van der Waals surface area contributed by atoms with Crippen LogP contribution in [0.3, 0.4) is 0 Å². The highest BCUT2D eigenvalue weighted by atomic mass is 16.3. The van der Waals surface area contributed by atoms with Crippen LogP contribution in [0.1, 0.15) is 51.9 Å². The maximum atomic E-state index is 9.50. The molecule has 0 aromatic rings. The molecule has 0 aliphatic heterocycles. The molecule has 0 saturated heterocycles. The summed E-state index contributed by atoms with van der Waals surface area (Å²) in [5.74, 6) is 1.90. The van der Waals surface area contributed by atoms with Gasteiger partial charge in [-0.25, -0.2) is 0 Å². The molecule has 2 saturated carbocycles. The zero-order chi connectivity index (χ0) is 12.8. The fourth-order valence-corrected chi connectivity index (χ4v) is 2.50. The SMILES string of the molecule is CCNC(=NCCC1CC1)NC1CCC(O)CC1. The van der Waals surface area contributed by atoms with Gasteiger partial charge in [-0.3, -0.25) is 4.99 Å². The van der Waals surface area contributed by atoms with Gasteiger partial charge in [0.25, 0.3) is 0 Å². The normalized spacial score (nSPS) is 29.1. The Balaban J connectivity index is 1.73. The first-order valence-corrected chi connectivity index (χ1v) is 7.51. The second-order valence-electron chi connectivity index (χ2n) is 5.64. The lowest BCUT2D eigenvalue weighted by Crippen LogP contribution is -2.45. The summed E-state index contributed by atoms with van der Waals surface area (Å²) >= 11 is 0. The van der Waals surface area contributed by atoms with E-state index in [0.717, 1.165) is 50.7 Å². The monoisotopic (exact) mass is 253 g/mol. The van der Waals surface area contributed by atoms with Crippen molar-refractivity contribution in [2.24, 2.45) is 10.9 Å². The van der Waals surface area contributed by atoms with Crippen molar-refractivity contribution in [3.8, 4) is 0 Å². The highest BCUT2D eigenvalue weighted by molar-refractivity contribution is 5.80. The van der Waals surface area contributed by atoms with Crippen molar-refractivity contribution in [3.05, 3.63) is 0 Å². The third-order valence-corrected chi connectivity index (χ3v) is 3.89. The predicted octanol–water partition coefficient (Wildman–Crippen LogP) is 1.65. The molecular formula is C14H27N3O. The molecule has 0 bridgehead atoms. The van der Waals surface area contributed by atoms with Gasteiger partial charge in [0.15, 0.2) is 5.96 Å². The molecule has 0 radical (unpaired) electrons. The van der Waals surface area contributed by atoms with Gasteiger partial charge in [-0.2, -0.15) is 0 Å². The van der Waals surface area contributed by atoms with Crippen molar-refractivity contribution in [2.75, 3.05) is 13.1 Å². The van der Waals surface area contributed by atoms with Crippen LogP contribution in [0.4, 0.5) is 0 Å². The smallest absolute Gasteiger partial charge is 0.191 e. The minimum atomic E-state index is -0.0857. The number of aliphatic imine (C=N–C) groups is 1. The van der Waals surface area contributed by atoms with Crippen LogP contribution in [0.5, 0.6) is 0 Å². The second kappa shape index (κ2) is 6.98. The lowest BCUT2D eigenvalue weighted by Gasteiger charge is -2.27. The minimum absolute atomic E-state index is 0.0857. The van der Waals surface area contributed by atoms with Gasteiger partial charge in [-0.05, 0) is 44.9 Å². The summed E-state index contributed by atoms with van der Waals surface area (Å²) in [6, 6.07) is 0.479. The van der Waals surface area contributed by atoms with Crippen molar-refractivity contribution in [1.82, 2.24) is 10.6 Å². The molecule has 2 aliphatic rings. The quantitative estimate of drug-likeness (QED) is 0.516. The van der Waals surface area contributed by atoms with Crippen LogP contribution in [0.25, 0.3) is 0 Å². The van der Waals surface area contributed by atoms with Gasteiger partial charge >= 0.3 is 0 Å². The van der Waals surface area contributed by atoms with E-state index in [0.29, 0.717) is 6.04 Å². The van der Waals surface area contributed by atoms with Crippen molar-refractivity contribution >= 4 is 5.96 Å². The average molecular weight is 253 g/mol. The molecule has 104 valence electrons. The summed E-state index contributed by atoms with van der Waals surface area (Å²) < 4.78 is 0. The zero-order valence-electron chi connectivity index (χ0n) is 11.5. The van der Waals surface area contributed by atoms with Gasteiger partial charge in [0.2, 0.25) is 0 Å². The third-order valence-electron chi connectivity index (χ3n) is 3.89. The van der Waals surface area contributed by atoms with Crippen LogP contribution in [0, 0.1) is 5.92 Å². The van der Waals surface area contributed by atoms with Crippen molar-refractivity contribution < 1.29 is 5.11 Å². The standard InChI is InChI=1S/C14H27N3O/c1-2-15-14(16-10-9-11-3-4-11)17-12-5-7-13(18)8-6-12/h11-13,18H,2-10H2,1H3,(H2,15,16,17). The Morgan fingerprint density at radius 1 is 1.17 bits per heavy atom. The first-order valence-electron chi connectivity index (χ1n) is 7.51. The van der Waals surface area contributed by atoms with Crippen LogP contribution in [0.2, 0.25) is 0 Å². The maximum Gasteiger partial charge on any atom is 0.191 e. The van der Waals surface area contributed by atoms with Gasteiger partial charge in [0, 0.05) is 19.1 Å². The Morgan fingerprint density at radius 2 is 1.89 bits per heavy atom. The van der Waals surface area contributed by atoms with Gasteiger partial charge in [0.1, 0.15) is 0 Å². The molecular weight excluding hydrogens is 226 g/mol. The highest BCUT2D eigenvalue weighted by Crippen LogP contribution is 2.32. The van der Waals surface area contributed by atoms with Crippen molar-refractivity contribution in [2.45, 2.75) is 64.0 Å². The van der Waals surface area contributed by atoms with Crippen molar-refractivity contribution in [3.63, 3.8) is 0 Å². The fourth-order valence-electron chi connectivity index (χ4n) is 2.50. The van der Waals surface area contributed by atoms with Gasteiger partial charge in [0.05, 0.1) is 6.10 Å². The number of guanidine groups is 1. The molecule has 0 heterocycles. The molecule has 4 nitrogen and oxygen atoms in total. The fraction of sp³-hybridized carbons (Fsp3) is 0.929. The zero-order valence-corrected chi connectivity index (χ0v) is 11.5. The number of nitrogens with zero attached hydrogens (tertiary/aromatic N) is 1. The molecule has 4 heteroatoms. The first-order chi connectivity index (χ1) is 8.78. The van der Waals surface area contributed by atoms with Crippen LogP contribution < -0.4 is 10.6 Å². The summed E-state index contributed by atoms with van der Waals surface area (Å²) in [7, 11) is 0. The number of hydrogen-bond acceptors (Lipinski definition) is 2. The van der Waals surface area contributed by atoms with E-state index in [4.69, 9.17) is 0 Å². The molecule has 18 heavy (non-hydrogen) atoms. The largest absolute Gasteiger partial charge is 0.393 e. The summed E-state index contributed by atoms with van der Waals surface area (Å²) in [6.07, 6.45) is 7.89. The summed E-state index contributed by atoms with van der Waals surface area (Å²) in [5, 5.41) is 16.3. The van der Waals surface area contributed by atoms with E-state index in [2.05, 4.69) is 22.5 Å². The Kier molecular flexibility index (Phi) is 5.29. The molecule has 2 aliphatic carbocycles. The van der Waals surface area contributed by atoms with Crippen LogP contribution in [0.15, 0.2) is 4.99 Å².